The normalized spacial score (nSPS) is 18.5. The Morgan fingerprint density at radius 2 is 2.32 bits per heavy atom. The Morgan fingerprint density at radius 1 is 1.42 bits per heavy atom. The van der Waals surface area contributed by atoms with Crippen molar-refractivity contribution < 1.29 is 4.74 Å². The fraction of sp³-hybridized carbons (Fsp3) is 0.500. The average Bonchev–Trinajstić information content (AvgIpc) is 2.83. The van der Waals surface area contributed by atoms with Gasteiger partial charge in [0.25, 0.3) is 0 Å². The van der Waals surface area contributed by atoms with Crippen molar-refractivity contribution in [3.63, 3.8) is 0 Å². The van der Waals surface area contributed by atoms with Crippen LogP contribution in [0.25, 0.3) is 10.9 Å². The Bertz CT molecular complexity index is 573. The van der Waals surface area contributed by atoms with E-state index in [0.717, 1.165) is 30.7 Å². The summed E-state index contributed by atoms with van der Waals surface area (Å²) in [7, 11) is 1.74. The molecule has 0 aliphatic heterocycles. The molecule has 0 bridgehead atoms. The van der Waals surface area contributed by atoms with Gasteiger partial charge in [0, 0.05) is 17.1 Å². The predicted molar refractivity (Wildman–Crippen MR) is 79.0 cm³/mol. The lowest BCUT2D eigenvalue weighted by atomic mass is 9.91. The quantitative estimate of drug-likeness (QED) is 0.884. The number of benzene rings is 1. The summed E-state index contributed by atoms with van der Waals surface area (Å²) in [6.45, 7) is 3.34. The van der Waals surface area contributed by atoms with Crippen LogP contribution in [0.1, 0.15) is 31.0 Å². The van der Waals surface area contributed by atoms with Crippen molar-refractivity contribution in [2.75, 3.05) is 13.7 Å². The molecule has 1 heterocycles. The van der Waals surface area contributed by atoms with Crippen LogP contribution in [0.15, 0.2) is 18.2 Å². The molecule has 0 spiro atoms. The maximum atomic E-state index is 5.45. The summed E-state index contributed by atoms with van der Waals surface area (Å²) < 4.78 is 5.45. The molecule has 0 fully saturated rings. The molecule has 1 aliphatic rings. The van der Waals surface area contributed by atoms with Crippen LogP contribution in [0.5, 0.6) is 5.75 Å². The van der Waals surface area contributed by atoms with Crippen LogP contribution < -0.4 is 10.1 Å². The molecule has 1 atom stereocenters. The van der Waals surface area contributed by atoms with Gasteiger partial charge < -0.3 is 15.0 Å². The van der Waals surface area contributed by atoms with Crippen LogP contribution in [0.3, 0.4) is 0 Å². The summed E-state index contributed by atoms with van der Waals surface area (Å²) in [5, 5.41) is 4.98. The van der Waals surface area contributed by atoms with Crippen molar-refractivity contribution in [3.8, 4) is 5.75 Å². The van der Waals surface area contributed by atoms with Crippen molar-refractivity contribution >= 4 is 10.9 Å². The highest BCUT2D eigenvalue weighted by molar-refractivity contribution is 5.89. The molecule has 0 saturated heterocycles. The summed E-state index contributed by atoms with van der Waals surface area (Å²) in [5.41, 5.74) is 4.04. The first-order chi connectivity index (χ1) is 9.33. The lowest BCUT2D eigenvalue weighted by Gasteiger charge is -2.23. The lowest BCUT2D eigenvalue weighted by Crippen LogP contribution is -2.34. The van der Waals surface area contributed by atoms with Crippen molar-refractivity contribution in [3.05, 3.63) is 29.5 Å². The summed E-state index contributed by atoms with van der Waals surface area (Å²) in [5.74, 6) is 0.949. The SMILES string of the molecule is CCCNC1CCc2[nH]c3c(OC)cccc3c2C1. The Hall–Kier alpha value is -1.48. The Kier molecular flexibility index (Phi) is 3.47. The predicted octanol–water partition coefficient (Wildman–Crippen LogP) is 3.03. The topological polar surface area (TPSA) is 37.0 Å². The monoisotopic (exact) mass is 258 g/mol. The molecule has 102 valence electrons. The van der Waals surface area contributed by atoms with Crippen molar-refractivity contribution in [1.82, 2.24) is 10.3 Å². The number of hydrogen-bond acceptors (Lipinski definition) is 2. The number of hydrogen-bond donors (Lipinski definition) is 2. The van der Waals surface area contributed by atoms with Crippen LogP contribution in [-0.2, 0) is 12.8 Å². The van der Waals surface area contributed by atoms with E-state index in [1.54, 1.807) is 7.11 Å². The second kappa shape index (κ2) is 5.25. The first kappa shape index (κ1) is 12.5. The number of rotatable bonds is 4. The Labute approximate surface area is 114 Å². The fourth-order valence-electron chi connectivity index (χ4n) is 3.11. The van der Waals surface area contributed by atoms with E-state index in [-0.39, 0.29) is 0 Å². The molecule has 1 aliphatic carbocycles. The zero-order chi connectivity index (χ0) is 13.2. The van der Waals surface area contributed by atoms with Crippen molar-refractivity contribution in [1.29, 1.82) is 0 Å². The molecule has 1 aromatic carbocycles. The van der Waals surface area contributed by atoms with Crippen molar-refractivity contribution in [2.45, 2.75) is 38.6 Å². The third-order valence-electron chi connectivity index (χ3n) is 4.09. The highest BCUT2D eigenvalue weighted by Crippen LogP contribution is 2.33. The largest absolute Gasteiger partial charge is 0.495 e. The first-order valence-corrected chi connectivity index (χ1v) is 7.23. The van der Waals surface area contributed by atoms with Gasteiger partial charge in [-0.1, -0.05) is 19.1 Å². The number of aromatic amines is 1. The van der Waals surface area contributed by atoms with Gasteiger partial charge in [-0.2, -0.15) is 0 Å². The van der Waals surface area contributed by atoms with E-state index < -0.39 is 0 Å². The number of ether oxygens (including phenoxy) is 1. The molecule has 2 aromatic rings. The summed E-state index contributed by atoms with van der Waals surface area (Å²) >= 11 is 0. The third kappa shape index (κ3) is 2.23. The molecule has 3 nitrogen and oxygen atoms in total. The van der Waals surface area contributed by atoms with E-state index >= 15 is 0 Å². The second-order valence-corrected chi connectivity index (χ2v) is 5.36. The molecule has 19 heavy (non-hydrogen) atoms. The number of aromatic nitrogens is 1. The third-order valence-corrected chi connectivity index (χ3v) is 4.09. The molecular formula is C16H22N2O. The summed E-state index contributed by atoms with van der Waals surface area (Å²) in [6, 6.07) is 6.93. The highest BCUT2D eigenvalue weighted by Gasteiger charge is 2.22. The molecule has 0 amide bonds. The van der Waals surface area contributed by atoms with Gasteiger partial charge in [-0.3, -0.25) is 0 Å². The molecule has 1 unspecified atom stereocenters. The van der Waals surface area contributed by atoms with Crippen LogP contribution >= 0.6 is 0 Å². The molecule has 1 aromatic heterocycles. The second-order valence-electron chi connectivity index (χ2n) is 5.36. The van der Waals surface area contributed by atoms with Crippen molar-refractivity contribution in [2.24, 2.45) is 0 Å². The van der Waals surface area contributed by atoms with E-state index in [0.29, 0.717) is 6.04 Å². The Balaban J connectivity index is 1.95. The maximum Gasteiger partial charge on any atom is 0.142 e. The minimum atomic E-state index is 0.623. The lowest BCUT2D eigenvalue weighted by molar-refractivity contribution is 0.419. The van der Waals surface area contributed by atoms with E-state index in [9.17, 15) is 0 Å². The zero-order valence-corrected chi connectivity index (χ0v) is 11.8. The van der Waals surface area contributed by atoms with Crippen LogP contribution in [0, 0.1) is 0 Å². The minimum absolute atomic E-state index is 0.623. The zero-order valence-electron chi connectivity index (χ0n) is 11.8. The smallest absolute Gasteiger partial charge is 0.142 e. The van der Waals surface area contributed by atoms with E-state index in [4.69, 9.17) is 4.74 Å². The molecule has 0 saturated carbocycles. The molecule has 2 N–H and O–H groups in total. The van der Waals surface area contributed by atoms with Gasteiger partial charge in [-0.25, -0.2) is 0 Å². The van der Waals surface area contributed by atoms with E-state index in [1.165, 1.54) is 29.5 Å². The van der Waals surface area contributed by atoms with E-state index in [2.05, 4.69) is 29.4 Å². The van der Waals surface area contributed by atoms with Gasteiger partial charge in [-0.05, 0) is 43.9 Å². The number of para-hydroxylation sites is 1. The van der Waals surface area contributed by atoms with Crippen LogP contribution in [-0.4, -0.2) is 24.7 Å². The van der Waals surface area contributed by atoms with Crippen LogP contribution in [0.2, 0.25) is 0 Å². The maximum absolute atomic E-state index is 5.45. The van der Waals surface area contributed by atoms with Gasteiger partial charge in [0.05, 0.1) is 12.6 Å². The first-order valence-electron chi connectivity index (χ1n) is 7.23. The van der Waals surface area contributed by atoms with Gasteiger partial charge in [0.2, 0.25) is 0 Å². The number of fused-ring (bicyclic) bond motifs is 3. The Morgan fingerprint density at radius 3 is 3.11 bits per heavy atom. The number of H-pyrrole nitrogens is 1. The number of aryl methyl sites for hydroxylation is 1. The molecule has 3 rings (SSSR count). The minimum Gasteiger partial charge on any atom is -0.495 e. The van der Waals surface area contributed by atoms with Gasteiger partial charge in [0.1, 0.15) is 5.75 Å². The molecule has 3 heteroatoms. The standard InChI is InChI=1S/C16H22N2O/c1-3-9-17-11-7-8-14-13(10-11)12-5-4-6-15(19-2)16(12)18-14/h4-6,11,17-18H,3,7-10H2,1-2H3. The van der Waals surface area contributed by atoms with Gasteiger partial charge >= 0.3 is 0 Å². The number of nitrogens with one attached hydrogen (secondary N) is 2. The van der Waals surface area contributed by atoms with Gasteiger partial charge in [-0.15, -0.1) is 0 Å². The average molecular weight is 258 g/mol. The van der Waals surface area contributed by atoms with Gasteiger partial charge in [0.15, 0.2) is 0 Å². The van der Waals surface area contributed by atoms with Crippen LogP contribution in [0.4, 0.5) is 0 Å². The highest BCUT2D eigenvalue weighted by atomic mass is 16.5. The fourth-order valence-corrected chi connectivity index (χ4v) is 3.11. The molecular weight excluding hydrogens is 236 g/mol. The summed E-state index contributed by atoms with van der Waals surface area (Å²) in [4.78, 5) is 3.56. The molecule has 0 radical (unpaired) electrons. The summed E-state index contributed by atoms with van der Waals surface area (Å²) in [6.07, 6.45) is 4.68. The van der Waals surface area contributed by atoms with E-state index in [1.807, 2.05) is 6.07 Å². The number of methoxy groups -OCH3 is 1.